The van der Waals surface area contributed by atoms with Gasteiger partial charge < -0.3 is 67.1 Å². The highest BCUT2D eigenvalue weighted by Gasteiger charge is 2.54. The molecule has 0 aliphatic carbocycles. The standard InChI is InChI=1S/C61H85BF2N10O18S2/c1-42(87-61(81)88-71-57(77)26-27-58(71)78)48-37-46(41-75)55(40-54(48)72(82)83)86-33-30-68(2)29-28-65-59(79)49(22-12-14-31-73(3,4)5)67-60(80)50(23-13-15-32-74(6,7)8)66-56(76)25-24-47-36-44(20-16-34-93-91-89-84)52-39-53-45(21-17-35-94-92-90-85)38-51(43-18-10-9-11-19-43)70(53)62(63,64)69(47)52/h9-11,18-19,26-27,36-42,49-50H,12-17,20-25,28-35H2,1-8H3,(H5-2,65,66,67,76,77,78,79,80,84,85)/p+2. The van der Waals surface area contributed by atoms with Crippen LogP contribution in [0.5, 0.6) is 17.5 Å². The number of carbonyl (C=O) groups excluding carboxylic acids is 5. The van der Waals surface area contributed by atoms with Crippen molar-refractivity contribution in [1.82, 2.24) is 30.1 Å². The van der Waals surface area contributed by atoms with Crippen LogP contribution in [0.2, 0.25) is 0 Å². The number of carbonyl (C=O) groups is 5. The lowest BCUT2D eigenvalue weighted by Crippen LogP contribution is -2.54. The maximum Gasteiger partial charge on any atom is 0.737 e. The zero-order valence-electron chi connectivity index (χ0n) is 54.2. The Balaban J connectivity index is 1.15. The smallest absolute Gasteiger partial charge is 0.492 e. The van der Waals surface area contributed by atoms with Gasteiger partial charge in [-0.25, -0.2) is 15.3 Å². The Kier molecular flexibility index (Phi) is 28.9. The van der Waals surface area contributed by atoms with Gasteiger partial charge in [0.1, 0.15) is 30.5 Å². The molecule has 4 heterocycles. The van der Waals surface area contributed by atoms with E-state index in [0.29, 0.717) is 105 Å². The number of unbranched alkanes of at least 4 members (excludes halogenated alkanes) is 2. The molecular weight excluding hydrogens is 1270 g/mol. The fourth-order valence-corrected chi connectivity index (χ4v) is 11.7. The number of halogens is 2. The van der Waals surface area contributed by atoms with Crippen LogP contribution in [0.15, 0.2) is 78.0 Å². The fourth-order valence-electron chi connectivity index (χ4n) is 10.9. The number of nitro groups is 1. The van der Waals surface area contributed by atoms with Crippen LogP contribution < -0.4 is 25.5 Å². The van der Waals surface area contributed by atoms with E-state index < -0.39 is 71.4 Å². The second kappa shape index (κ2) is 35.9. The van der Waals surface area contributed by atoms with Crippen LogP contribution >= 0.6 is 24.1 Å². The summed E-state index contributed by atoms with van der Waals surface area (Å²) in [7, 11) is 14.0. The predicted octanol–water partition coefficient (Wildman–Crippen LogP) is 7.40. The molecule has 3 amide bonds. The summed E-state index contributed by atoms with van der Waals surface area (Å²) < 4.78 is 59.5. The Morgan fingerprint density at radius 1 is 0.809 bits per heavy atom. The minimum absolute atomic E-state index is 0.0663. The number of fused-ring (bicyclic) bond motifs is 2. The summed E-state index contributed by atoms with van der Waals surface area (Å²) in [5.41, 5.74) is 2.09. The van der Waals surface area contributed by atoms with Crippen LogP contribution in [0.4, 0.5) is 19.1 Å². The number of likely N-dealkylation sites (N-methyl/N-ethyl adjacent to an activating group) is 1. The molecule has 0 spiro atoms. The van der Waals surface area contributed by atoms with Crippen molar-refractivity contribution in [3.8, 4) is 17.5 Å². The first kappa shape index (κ1) is 75.6. The summed E-state index contributed by atoms with van der Waals surface area (Å²) in [4.78, 5) is 85.7. The first-order valence-electron chi connectivity index (χ1n) is 30.8. The molecule has 2 aliphatic rings. The number of nitrogens with one attached hydrogen (secondary N) is 3. The van der Waals surface area contributed by atoms with Crippen molar-refractivity contribution in [2.45, 2.75) is 102 Å². The Hall–Kier alpha value is -7.44. The van der Waals surface area contributed by atoms with Crippen molar-refractivity contribution in [2.24, 2.45) is 0 Å². The van der Waals surface area contributed by atoms with Crippen LogP contribution in [0.25, 0.3) is 6.08 Å². The van der Waals surface area contributed by atoms with Crippen molar-refractivity contribution < 1.29 is 105 Å². The van der Waals surface area contributed by atoms with Crippen molar-refractivity contribution >= 4 is 78.7 Å². The van der Waals surface area contributed by atoms with Gasteiger partial charge in [-0.3, -0.25) is 34.1 Å². The van der Waals surface area contributed by atoms with Gasteiger partial charge in [0.25, 0.3) is 5.69 Å². The Morgan fingerprint density at radius 2 is 1.43 bits per heavy atom. The first-order chi connectivity index (χ1) is 44.7. The van der Waals surface area contributed by atoms with E-state index in [1.165, 1.54) is 6.92 Å². The van der Waals surface area contributed by atoms with E-state index in [4.69, 9.17) is 24.8 Å². The molecule has 94 heavy (non-hydrogen) atoms. The predicted molar refractivity (Wildman–Crippen MR) is 346 cm³/mol. The molecule has 3 atom stereocenters. The maximum absolute atomic E-state index is 17.8. The third-order valence-corrected chi connectivity index (χ3v) is 16.8. The largest absolute Gasteiger partial charge is 0.737 e. The normalized spacial score (nSPS) is 14.5. The molecule has 516 valence electrons. The second-order valence-electron chi connectivity index (χ2n) is 24.9. The van der Waals surface area contributed by atoms with Crippen molar-refractivity contribution in [3.63, 3.8) is 0 Å². The van der Waals surface area contributed by atoms with Gasteiger partial charge in [-0.1, -0.05) is 28.3 Å². The third kappa shape index (κ3) is 22.3. The lowest BCUT2D eigenvalue weighted by atomic mass is 9.88. The third-order valence-electron chi connectivity index (χ3n) is 15.6. The number of ether oxygens (including phenoxy) is 2. The molecule has 2 aromatic carbocycles. The SMILES string of the molecule is CC(OC(=O)On1c(O)ccc1O)c1cc(C=O)c(OCCN(C)CCNC(=O)C(CCCC[N+](C)(C)C)NC(=O)C(CCCC[N+](C)(C)C)NC(=O)CCc2cc(CCCSOOO)c3n2[B-](F)(F)[N+]2=C(c4ccccc4)C=C(CCCSOOO)C2=C3)cc1[N+](=O)[O-]. The highest BCUT2D eigenvalue weighted by Crippen LogP contribution is 2.41. The topological polar surface area (TPSA) is 326 Å². The Bertz CT molecular complexity index is 3320. The lowest BCUT2D eigenvalue weighted by Gasteiger charge is -2.32. The van der Waals surface area contributed by atoms with Crippen molar-refractivity contribution in [1.29, 1.82) is 0 Å². The first-order valence-corrected chi connectivity index (χ1v) is 32.6. The van der Waals surface area contributed by atoms with E-state index in [9.17, 15) is 44.3 Å². The zero-order chi connectivity index (χ0) is 68.8. The molecule has 2 aromatic heterocycles. The number of amides is 3. The van der Waals surface area contributed by atoms with Gasteiger partial charge in [-0.15, -0.1) is 13.4 Å². The highest BCUT2D eigenvalue weighted by atomic mass is 32.2. The van der Waals surface area contributed by atoms with E-state index in [-0.39, 0.29) is 80.2 Å². The van der Waals surface area contributed by atoms with Gasteiger partial charge in [0.05, 0.1) is 77.5 Å². The summed E-state index contributed by atoms with van der Waals surface area (Å²) in [6.07, 6.45) is 5.42. The van der Waals surface area contributed by atoms with Crippen LogP contribution in [-0.4, -0.2) is 208 Å². The van der Waals surface area contributed by atoms with E-state index in [0.717, 1.165) is 76.8 Å². The second-order valence-corrected chi connectivity index (χ2v) is 26.4. The monoisotopic (exact) mass is 1360 g/mol. The van der Waals surface area contributed by atoms with Crippen molar-refractivity contribution in [2.75, 3.05) is 100 Å². The van der Waals surface area contributed by atoms with E-state index in [2.05, 4.69) is 34.7 Å². The Labute approximate surface area is 552 Å². The molecule has 0 fully saturated rings. The minimum Gasteiger partial charge on any atom is -0.492 e. The number of hydrogen-bond donors (Lipinski definition) is 7. The highest BCUT2D eigenvalue weighted by molar-refractivity contribution is 7.94. The number of aryl methyl sites for hydroxylation is 2. The minimum atomic E-state index is -4.60. The quantitative estimate of drug-likeness (QED) is 0.00261. The number of hydrogen-bond acceptors (Lipinski definition) is 21. The summed E-state index contributed by atoms with van der Waals surface area (Å²) in [5, 5.41) is 65.3. The number of aromatic hydroxyl groups is 2. The number of benzene rings is 2. The van der Waals surface area contributed by atoms with Crippen LogP contribution in [0.1, 0.15) is 116 Å². The molecule has 33 heteroatoms. The van der Waals surface area contributed by atoms with Gasteiger partial charge in [0.2, 0.25) is 29.5 Å². The fraction of sp³-hybridized carbons (Fsp3) is 0.508. The summed E-state index contributed by atoms with van der Waals surface area (Å²) in [6, 6.07) is 12.7. The molecule has 3 unspecified atom stereocenters. The number of nitrogens with zero attached hydrogens (tertiary/aromatic N) is 7. The van der Waals surface area contributed by atoms with E-state index >= 15 is 8.63 Å². The molecule has 2 aliphatic heterocycles. The van der Waals surface area contributed by atoms with E-state index in [1.807, 2.05) is 42.3 Å². The van der Waals surface area contributed by atoms with Crippen molar-refractivity contribution in [3.05, 3.63) is 122 Å². The van der Waals surface area contributed by atoms with E-state index in [1.54, 1.807) is 60.5 Å². The maximum atomic E-state index is 17.8. The molecule has 28 nitrogen and oxygen atoms in total. The molecular formula is C61H87BF2N10O18S2+2. The molecule has 4 aromatic rings. The average molecular weight is 1360 g/mol. The summed E-state index contributed by atoms with van der Waals surface area (Å²) in [5.74, 6) is -2.27. The summed E-state index contributed by atoms with van der Waals surface area (Å²) >= 11 is 1.72. The molecule has 0 bridgehead atoms. The average Bonchev–Trinajstić information content (AvgIpc) is 1.54. The molecule has 6 rings (SSSR count). The number of rotatable bonds is 42. The molecule has 0 saturated heterocycles. The Morgan fingerprint density at radius 3 is 2.02 bits per heavy atom. The summed E-state index contributed by atoms with van der Waals surface area (Å²) in [6.45, 7) is -1.22. The van der Waals surface area contributed by atoms with Gasteiger partial charge in [0.15, 0.2) is 17.7 Å². The van der Waals surface area contributed by atoms with Gasteiger partial charge in [-0.05, 0) is 120 Å². The van der Waals surface area contributed by atoms with Gasteiger partial charge >= 0.3 is 13.1 Å². The van der Waals surface area contributed by atoms with Gasteiger partial charge in [0, 0.05) is 103 Å². The number of aromatic nitrogens is 2. The molecule has 0 saturated carbocycles. The van der Waals surface area contributed by atoms with Crippen LogP contribution in [-0.2, 0) is 50.7 Å². The van der Waals surface area contributed by atoms with Crippen LogP contribution in [0, 0.1) is 10.1 Å². The molecule has 0 radical (unpaired) electrons. The molecule has 7 N–H and O–H groups in total. The number of quaternary nitrogens is 2. The van der Waals surface area contributed by atoms with Crippen LogP contribution in [0.3, 0.4) is 0 Å². The zero-order valence-corrected chi connectivity index (χ0v) is 55.8. The number of allylic oxidation sites excluding steroid dienone is 2. The number of nitro benzene ring substituents is 1. The number of aldehydes is 1. The lowest BCUT2D eigenvalue weighted by molar-refractivity contribution is -0.870. The van der Waals surface area contributed by atoms with Gasteiger partial charge in [-0.2, -0.15) is 0 Å².